The normalized spacial score (nSPS) is 13.2. The summed E-state index contributed by atoms with van der Waals surface area (Å²) in [5.74, 6) is -0.207. The van der Waals surface area contributed by atoms with Gasteiger partial charge in [-0.15, -0.1) is 0 Å². The van der Waals surface area contributed by atoms with Gasteiger partial charge in [0.1, 0.15) is 0 Å². The van der Waals surface area contributed by atoms with Gasteiger partial charge in [-0.3, -0.25) is 4.79 Å². The van der Waals surface area contributed by atoms with Gasteiger partial charge in [0.05, 0.1) is 12.0 Å². The van der Waals surface area contributed by atoms with E-state index in [2.05, 4.69) is 21.2 Å². The van der Waals surface area contributed by atoms with E-state index in [1.807, 2.05) is 6.92 Å². The predicted molar refractivity (Wildman–Crippen MR) is 66.5 cm³/mol. The van der Waals surface area contributed by atoms with Gasteiger partial charge in [0, 0.05) is 11.4 Å². The van der Waals surface area contributed by atoms with Gasteiger partial charge in [-0.25, -0.2) is 0 Å². The van der Waals surface area contributed by atoms with E-state index in [4.69, 9.17) is 0 Å². The van der Waals surface area contributed by atoms with Gasteiger partial charge in [-0.2, -0.15) is 13.2 Å². The van der Waals surface area contributed by atoms with E-state index in [1.54, 1.807) is 0 Å². The van der Waals surface area contributed by atoms with Crippen LogP contribution in [0.15, 0.2) is 24.3 Å². The second-order valence-corrected chi connectivity index (χ2v) is 4.64. The molecule has 6 heteroatoms. The van der Waals surface area contributed by atoms with Crippen molar-refractivity contribution in [2.75, 3.05) is 5.33 Å². The summed E-state index contributed by atoms with van der Waals surface area (Å²) in [5.41, 5.74) is -0.150. The Labute approximate surface area is 112 Å². The molecular weight excluding hydrogens is 311 g/mol. The number of hydrogen-bond donors (Lipinski definition) is 1. The maximum Gasteiger partial charge on any atom is 0.416 e. The van der Waals surface area contributed by atoms with Crippen molar-refractivity contribution in [3.8, 4) is 0 Å². The zero-order chi connectivity index (χ0) is 13.8. The zero-order valence-corrected chi connectivity index (χ0v) is 11.3. The number of carbonyl (C=O) groups is 1. The molecule has 2 nitrogen and oxygen atoms in total. The molecule has 0 heterocycles. The van der Waals surface area contributed by atoms with Crippen LogP contribution in [0, 0.1) is 0 Å². The zero-order valence-electron chi connectivity index (χ0n) is 9.72. The van der Waals surface area contributed by atoms with E-state index in [9.17, 15) is 18.0 Å². The fourth-order valence-corrected chi connectivity index (χ4v) is 1.52. The molecule has 1 unspecified atom stereocenters. The van der Waals surface area contributed by atoms with Gasteiger partial charge in [0.15, 0.2) is 0 Å². The summed E-state index contributed by atoms with van der Waals surface area (Å²) in [6.45, 7) is 1.83. The van der Waals surface area contributed by atoms with E-state index in [0.717, 1.165) is 12.1 Å². The third kappa shape index (κ3) is 4.68. The molecule has 0 radical (unpaired) electrons. The standard InChI is InChI=1S/C12H13BrF3NO/c1-8(7-13)17-11(18)6-9-2-4-10(5-3-9)12(14,15)16/h2-5,8H,6-7H2,1H3,(H,17,18). The molecule has 0 fully saturated rings. The van der Waals surface area contributed by atoms with Crippen molar-refractivity contribution in [2.45, 2.75) is 25.6 Å². The Morgan fingerprint density at radius 1 is 1.33 bits per heavy atom. The van der Waals surface area contributed by atoms with E-state index >= 15 is 0 Å². The monoisotopic (exact) mass is 323 g/mol. The van der Waals surface area contributed by atoms with Crippen molar-refractivity contribution in [2.24, 2.45) is 0 Å². The van der Waals surface area contributed by atoms with Gasteiger partial charge in [-0.1, -0.05) is 28.1 Å². The average molecular weight is 324 g/mol. The fourth-order valence-electron chi connectivity index (χ4n) is 1.36. The summed E-state index contributed by atoms with van der Waals surface area (Å²) in [6.07, 6.45) is -4.26. The number of hydrogen-bond acceptors (Lipinski definition) is 1. The second-order valence-electron chi connectivity index (χ2n) is 3.99. The van der Waals surface area contributed by atoms with Crippen LogP contribution < -0.4 is 5.32 Å². The second kappa shape index (κ2) is 6.22. The van der Waals surface area contributed by atoms with Crippen LogP contribution in [0.2, 0.25) is 0 Å². The third-order valence-electron chi connectivity index (χ3n) is 2.28. The summed E-state index contributed by atoms with van der Waals surface area (Å²) in [4.78, 5) is 11.5. The summed E-state index contributed by atoms with van der Waals surface area (Å²) >= 11 is 3.22. The minimum Gasteiger partial charge on any atom is -0.353 e. The number of alkyl halides is 4. The molecule has 1 rings (SSSR count). The van der Waals surface area contributed by atoms with E-state index in [0.29, 0.717) is 10.9 Å². The molecule has 0 aliphatic carbocycles. The highest BCUT2D eigenvalue weighted by Gasteiger charge is 2.29. The van der Waals surface area contributed by atoms with Gasteiger partial charge in [-0.05, 0) is 24.6 Å². The Balaban J connectivity index is 2.61. The highest BCUT2D eigenvalue weighted by molar-refractivity contribution is 9.09. The molecule has 0 aliphatic rings. The first kappa shape index (κ1) is 15.0. The molecular formula is C12H13BrF3NO. The van der Waals surface area contributed by atoms with Crippen molar-refractivity contribution in [1.82, 2.24) is 5.32 Å². The van der Waals surface area contributed by atoms with Crippen LogP contribution in [-0.2, 0) is 17.4 Å². The lowest BCUT2D eigenvalue weighted by Crippen LogP contribution is -2.34. The van der Waals surface area contributed by atoms with Crippen molar-refractivity contribution in [3.63, 3.8) is 0 Å². The Morgan fingerprint density at radius 3 is 2.33 bits per heavy atom. The largest absolute Gasteiger partial charge is 0.416 e. The highest BCUT2D eigenvalue weighted by Crippen LogP contribution is 2.29. The molecule has 1 aromatic carbocycles. The first-order valence-corrected chi connectivity index (χ1v) is 6.46. The maximum atomic E-state index is 12.3. The van der Waals surface area contributed by atoms with Crippen LogP contribution in [-0.4, -0.2) is 17.3 Å². The third-order valence-corrected chi connectivity index (χ3v) is 3.26. The molecule has 0 saturated heterocycles. The highest BCUT2D eigenvalue weighted by atomic mass is 79.9. The van der Waals surface area contributed by atoms with E-state index in [-0.39, 0.29) is 18.4 Å². The van der Waals surface area contributed by atoms with Crippen LogP contribution in [0.1, 0.15) is 18.1 Å². The van der Waals surface area contributed by atoms with Crippen molar-refractivity contribution in [1.29, 1.82) is 0 Å². The molecule has 1 aromatic rings. The van der Waals surface area contributed by atoms with E-state index < -0.39 is 11.7 Å². The first-order chi connectivity index (χ1) is 8.32. The summed E-state index contributed by atoms with van der Waals surface area (Å²) in [6, 6.07) is 4.60. The number of benzene rings is 1. The Bertz CT molecular complexity index is 403. The molecule has 100 valence electrons. The lowest BCUT2D eigenvalue weighted by Gasteiger charge is -2.11. The van der Waals surface area contributed by atoms with Crippen LogP contribution in [0.4, 0.5) is 13.2 Å². The van der Waals surface area contributed by atoms with Gasteiger partial charge >= 0.3 is 6.18 Å². The number of carbonyl (C=O) groups excluding carboxylic acids is 1. The van der Waals surface area contributed by atoms with Crippen LogP contribution >= 0.6 is 15.9 Å². The van der Waals surface area contributed by atoms with Gasteiger partial charge in [0.2, 0.25) is 5.91 Å². The van der Waals surface area contributed by atoms with Crippen molar-refractivity contribution in [3.05, 3.63) is 35.4 Å². The molecule has 1 amide bonds. The summed E-state index contributed by atoms with van der Waals surface area (Å²) in [7, 11) is 0. The molecule has 0 aromatic heterocycles. The number of amides is 1. The molecule has 0 bridgehead atoms. The Kier molecular flexibility index (Phi) is 5.19. The predicted octanol–water partition coefficient (Wildman–Crippen LogP) is 3.15. The Morgan fingerprint density at radius 2 is 1.89 bits per heavy atom. The number of nitrogens with one attached hydrogen (secondary N) is 1. The topological polar surface area (TPSA) is 29.1 Å². The molecule has 0 saturated carbocycles. The fraction of sp³-hybridized carbons (Fsp3) is 0.417. The van der Waals surface area contributed by atoms with Gasteiger partial charge < -0.3 is 5.32 Å². The average Bonchev–Trinajstić information content (AvgIpc) is 2.28. The molecule has 1 atom stereocenters. The minimum absolute atomic E-state index is 0.00746. The summed E-state index contributed by atoms with van der Waals surface area (Å²) < 4.78 is 36.9. The van der Waals surface area contributed by atoms with Crippen LogP contribution in [0.25, 0.3) is 0 Å². The summed E-state index contributed by atoms with van der Waals surface area (Å²) in [5, 5.41) is 3.35. The Hall–Kier alpha value is -1.04. The minimum atomic E-state index is -4.34. The van der Waals surface area contributed by atoms with Gasteiger partial charge in [0.25, 0.3) is 0 Å². The quantitative estimate of drug-likeness (QED) is 0.847. The maximum absolute atomic E-state index is 12.3. The molecule has 0 aliphatic heterocycles. The number of halogens is 4. The van der Waals surface area contributed by atoms with Crippen molar-refractivity contribution < 1.29 is 18.0 Å². The number of rotatable bonds is 4. The van der Waals surface area contributed by atoms with Crippen molar-refractivity contribution >= 4 is 21.8 Å². The van der Waals surface area contributed by atoms with E-state index in [1.165, 1.54) is 12.1 Å². The lowest BCUT2D eigenvalue weighted by molar-refractivity contribution is -0.137. The lowest BCUT2D eigenvalue weighted by atomic mass is 10.1. The van der Waals surface area contributed by atoms with Crippen LogP contribution in [0.5, 0.6) is 0 Å². The molecule has 0 spiro atoms. The SMILES string of the molecule is CC(CBr)NC(=O)Cc1ccc(C(F)(F)F)cc1. The van der Waals surface area contributed by atoms with Crippen LogP contribution in [0.3, 0.4) is 0 Å². The smallest absolute Gasteiger partial charge is 0.353 e. The molecule has 18 heavy (non-hydrogen) atoms. The first-order valence-electron chi connectivity index (χ1n) is 5.34. The molecule has 1 N–H and O–H groups in total.